The number of nitrogens with two attached hydrogens (primary N) is 1. The standard InChI is InChI=1S/C14H13N3O3S3.Na.H/c15-11-14(12(19)20,6-17-9(18)5-10(17)22-11)23-13-16-7-3-1-2-4-8(7)21-13;;/h1-4,10-11H,5-6,15H2,(H,19,20);;/t10-,11?,14?;;/m1../s1. The van der Waals surface area contributed by atoms with E-state index >= 15 is 0 Å². The third-order valence-electron chi connectivity index (χ3n) is 4.09. The van der Waals surface area contributed by atoms with E-state index in [-0.39, 0.29) is 47.4 Å². The predicted molar refractivity (Wildman–Crippen MR) is 98.7 cm³/mol. The molecule has 10 heteroatoms. The van der Waals surface area contributed by atoms with Gasteiger partial charge in [0.15, 0.2) is 9.09 Å². The van der Waals surface area contributed by atoms with E-state index in [0.717, 1.165) is 22.0 Å². The first-order chi connectivity index (χ1) is 11.0. The zero-order chi connectivity index (χ0) is 16.2. The third-order valence-corrected chi connectivity index (χ3v) is 8.19. The summed E-state index contributed by atoms with van der Waals surface area (Å²) in [6, 6.07) is 7.67. The van der Waals surface area contributed by atoms with Crippen LogP contribution in [0.5, 0.6) is 0 Å². The Morgan fingerprint density at radius 2 is 2.21 bits per heavy atom. The number of fused-ring (bicyclic) bond motifs is 2. The van der Waals surface area contributed by atoms with Crippen molar-refractivity contribution in [3.8, 4) is 0 Å². The van der Waals surface area contributed by atoms with Crippen LogP contribution in [-0.4, -0.2) is 78.5 Å². The van der Waals surface area contributed by atoms with Gasteiger partial charge in [0.1, 0.15) is 0 Å². The number of rotatable bonds is 3. The maximum atomic E-state index is 12.0. The molecule has 3 N–H and O–H groups in total. The van der Waals surface area contributed by atoms with Crippen LogP contribution in [0.4, 0.5) is 0 Å². The Morgan fingerprint density at radius 3 is 2.88 bits per heavy atom. The van der Waals surface area contributed by atoms with Gasteiger partial charge in [0.05, 0.1) is 27.4 Å². The summed E-state index contributed by atoms with van der Waals surface area (Å²) in [5, 5.41) is 9.26. The molecular formula is C14H14N3NaO3S3. The molecule has 2 saturated heterocycles. The molecule has 0 aliphatic carbocycles. The zero-order valence-electron chi connectivity index (χ0n) is 11.8. The van der Waals surface area contributed by atoms with Gasteiger partial charge in [-0.15, -0.1) is 23.1 Å². The SMILES string of the molecule is NC1S[C@@H]2CC(=O)N2CC1(Sc1nc2ccccc2s1)C(=O)O.[NaH]. The number of thioether (sulfide) groups is 2. The van der Waals surface area contributed by atoms with Crippen molar-refractivity contribution >= 4 is 86.5 Å². The van der Waals surface area contributed by atoms with Gasteiger partial charge < -0.3 is 15.7 Å². The van der Waals surface area contributed by atoms with Crippen molar-refractivity contribution in [1.29, 1.82) is 0 Å². The fraction of sp³-hybridized carbons (Fsp3) is 0.357. The maximum absolute atomic E-state index is 12.0. The third kappa shape index (κ3) is 2.90. The molecule has 122 valence electrons. The first kappa shape index (κ1) is 18.5. The Labute approximate surface area is 172 Å². The van der Waals surface area contributed by atoms with E-state index in [0.29, 0.717) is 10.8 Å². The van der Waals surface area contributed by atoms with Crippen LogP contribution in [0.2, 0.25) is 0 Å². The average molecular weight is 391 g/mol. The molecule has 24 heavy (non-hydrogen) atoms. The first-order valence-electron chi connectivity index (χ1n) is 6.98. The van der Waals surface area contributed by atoms with E-state index in [1.54, 1.807) is 4.90 Å². The van der Waals surface area contributed by atoms with Crippen LogP contribution >= 0.6 is 34.9 Å². The first-order valence-corrected chi connectivity index (χ1v) is 9.56. The van der Waals surface area contributed by atoms with Crippen molar-refractivity contribution in [2.45, 2.75) is 26.3 Å². The topological polar surface area (TPSA) is 96.5 Å². The van der Waals surface area contributed by atoms with Gasteiger partial charge in [-0.2, -0.15) is 0 Å². The molecule has 2 unspecified atom stereocenters. The molecule has 0 spiro atoms. The molecular weight excluding hydrogens is 377 g/mol. The average Bonchev–Trinajstić information content (AvgIpc) is 2.91. The molecule has 4 rings (SSSR count). The van der Waals surface area contributed by atoms with Crippen LogP contribution < -0.4 is 5.73 Å². The van der Waals surface area contributed by atoms with Gasteiger partial charge in [0.25, 0.3) is 0 Å². The number of carboxylic acid groups (broad SMARTS) is 1. The Balaban J connectivity index is 0.00000169. The molecule has 3 atom stereocenters. The second-order valence-corrected chi connectivity index (χ2v) is 9.41. The second-order valence-electron chi connectivity index (χ2n) is 5.48. The van der Waals surface area contributed by atoms with E-state index in [4.69, 9.17) is 5.73 Å². The van der Waals surface area contributed by atoms with Crippen LogP contribution in [0.1, 0.15) is 6.42 Å². The quantitative estimate of drug-likeness (QED) is 0.598. The van der Waals surface area contributed by atoms with Crippen LogP contribution in [-0.2, 0) is 9.59 Å². The summed E-state index contributed by atoms with van der Waals surface area (Å²) in [6.07, 6.45) is 0.444. The predicted octanol–water partition coefficient (Wildman–Crippen LogP) is 1.15. The van der Waals surface area contributed by atoms with Gasteiger partial charge in [-0.25, -0.2) is 4.98 Å². The van der Waals surface area contributed by atoms with Crippen molar-refractivity contribution in [3.05, 3.63) is 24.3 Å². The summed E-state index contributed by atoms with van der Waals surface area (Å²) in [5.74, 6) is -1.01. The van der Waals surface area contributed by atoms with Gasteiger partial charge in [0.2, 0.25) is 5.91 Å². The Bertz CT molecular complexity index is 784. The monoisotopic (exact) mass is 391 g/mol. The van der Waals surface area contributed by atoms with E-state index < -0.39 is 16.1 Å². The van der Waals surface area contributed by atoms with Crippen molar-refractivity contribution < 1.29 is 14.7 Å². The van der Waals surface area contributed by atoms with Crippen molar-refractivity contribution in [3.63, 3.8) is 0 Å². The molecule has 1 aromatic carbocycles. The number of para-hydroxylation sites is 1. The fourth-order valence-electron chi connectivity index (χ4n) is 2.73. The number of β-lactam (4-membered cyclic amide) rings is 1. The van der Waals surface area contributed by atoms with Crippen LogP contribution in [0, 0.1) is 0 Å². The number of aromatic nitrogens is 1. The number of hydrogen-bond acceptors (Lipinski definition) is 7. The number of carbonyl (C=O) groups is 2. The molecule has 0 radical (unpaired) electrons. The number of nitrogens with zero attached hydrogens (tertiary/aromatic N) is 2. The molecule has 0 bridgehead atoms. The molecule has 2 fully saturated rings. The normalized spacial score (nSPS) is 28.9. The molecule has 1 amide bonds. The molecule has 2 aliphatic rings. The summed E-state index contributed by atoms with van der Waals surface area (Å²) in [6.45, 7) is 0.126. The van der Waals surface area contributed by atoms with Crippen molar-refractivity contribution in [2.24, 2.45) is 5.73 Å². The number of hydrogen-bond donors (Lipinski definition) is 2. The van der Waals surface area contributed by atoms with Crippen molar-refractivity contribution in [2.75, 3.05) is 6.54 Å². The Kier molecular flexibility index (Phi) is 5.23. The fourth-order valence-corrected chi connectivity index (χ4v) is 6.80. The molecule has 0 saturated carbocycles. The molecule has 3 heterocycles. The van der Waals surface area contributed by atoms with Gasteiger partial charge >= 0.3 is 35.5 Å². The summed E-state index contributed by atoms with van der Waals surface area (Å²) in [7, 11) is 0. The minimum atomic E-state index is -1.27. The number of benzene rings is 1. The summed E-state index contributed by atoms with van der Waals surface area (Å²) < 4.78 is 0.395. The van der Waals surface area contributed by atoms with E-state index in [9.17, 15) is 14.7 Å². The van der Waals surface area contributed by atoms with Gasteiger partial charge in [-0.3, -0.25) is 9.59 Å². The summed E-state index contributed by atoms with van der Waals surface area (Å²) in [4.78, 5) is 29.9. The van der Waals surface area contributed by atoms with Crippen LogP contribution in [0.25, 0.3) is 10.2 Å². The Hall–Kier alpha value is -0.290. The molecule has 1 aromatic heterocycles. The van der Waals surface area contributed by atoms with E-state index in [2.05, 4.69) is 4.98 Å². The van der Waals surface area contributed by atoms with E-state index in [1.165, 1.54) is 23.1 Å². The number of carbonyl (C=O) groups excluding carboxylic acids is 1. The van der Waals surface area contributed by atoms with Gasteiger partial charge in [0, 0.05) is 6.54 Å². The number of aliphatic carboxylic acids is 1. The van der Waals surface area contributed by atoms with Crippen LogP contribution in [0.15, 0.2) is 28.6 Å². The molecule has 2 aliphatic heterocycles. The van der Waals surface area contributed by atoms with E-state index in [1.807, 2.05) is 24.3 Å². The minimum absolute atomic E-state index is 0. The van der Waals surface area contributed by atoms with Gasteiger partial charge in [-0.05, 0) is 12.1 Å². The van der Waals surface area contributed by atoms with Crippen LogP contribution in [0.3, 0.4) is 0 Å². The zero-order valence-corrected chi connectivity index (χ0v) is 14.3. The van der Waals surface area contributed by atoms with Crippen molar-refractivity contribution in [1.82, 2.24) is 9.88 Å². The second kappa shape index (κ2) is 6.79. The molecule has 6 nitrogen and oxygen atoms in total. The molecule has 2 aromatic rings. The summed E-state index contributed by atoms with van der Waals surface area (Å²) in [5.41, 5.74) is 7.03. The number of carboxylic acids is 1. The number of thiazole rings is 1. The Morgan fingerprint density at radius 1 is 1.46 bits per heavy atom. The van der Waals surface area contributed by atoms with Gasteiger partial charge in [-0.1, -0.05) is 23.9 Å². The number of amides is 1. The summed E-state index contributed by atoms with van der Waals surface area (Å²) >= 11 is 3.97.